The van der Waals surface area contributed by atoms with Crippen LogP contribution in [0, 0.1) is 0 Å². The summed E-state index contributed by atoms with van der Waals surface area (Å²) in [4.78, 5) is 0. The van der Waals surface area contributed by atoms with E-state index in [0.29, 0.717) is 0 Å². The average molecular weight is 311 g/mol. The van der Waals surface area contributed by atoms with Crippen LogP contribution in [0.1, 0.15) is 5.56 Å². The number of hydrogen-bond donors (Lipinski definition) is 0. The summed E-state index contributed by atoms with van der Waals surface area (Å²) in [6, 6.07) is 20.9. The van der Waals surface area contributed by atoms with Crippen molar-refractivity contribution in [1.82, 2.24) is 0 Å². The third-order valence-electron chi connectivity index (χ3n) is 3.12. The van der Waals surface area contributed by atoms with Gasteiger partial charge in [-0.2, -0.15) is 11.3 Å². The molecule has 2 aromatic carbocycles. The van der Waals surface area contributed by atoms with Gasteiger partial charge in [0.05, 0.1) is 0 Å². The maximum absolute atomic E-state index is 13.5. The van der Waals surface area contributed by atoms with Crippen LogP contribution in [0.3, 0.4) is 0 Å². The lowest BCUT2D eigenvalue weighted by Gasteiger charge is -2.14. The molecular formula is C17H14NOPS. The molecule has 3 aromatic rings. The second-order valence-corrected chi connectivity index (χ2v) is 7.74. The van der Waals surface area contributed by atoms with Crippen molar-refractivity contribution >= 4 is 35.5 Å². The maximum atomic E-state index is 13.5. The van der Waals surface area contributed by atoms with Crippen LogP contribution in [0.2, 0.25) is 0 Å². The Hall–Kier alpha value is -1.96. The molecular weight excluding hydrogens is 297 g/mol. The van der Waals surface area contributed by atoms with Crippen molar-refractivity contribution in [3.63, 3.8) is 0 Å². The molecule has 0 saturated carbocycles. The first-order valence-corrected chi connectivity index (χ1v) is 9.18. The molecule has 2 nitrogen and oxygen atoms in total. The Bertz CT molecular complexity index is 724. The van der Waals surface area contributed by atoms with E-state index in [1.165, 1.54) is 0 Å². The van der Waals surface area contributed by atoms with Gasteiger partial charge < -0.3 is 0 Å². The van der Waals surface area contributed by atoms with Crippen molar-refractivity contribution in [2.75, 3.05) is 0 Å². The molecule has 0 N–H and O–H groups in total. The fraction of sp³-hybridized carbons (Fsp3) is 0. The maximum Gasteiger partial charge on any atom is 0.247 e. The Morgan fingerprint density at radius 2 is 1.43 bits per heavy atom. The van der Waals surface area contributed by atoms with Gasteiger partial charge in [0.2, 0.25) is 7.29 Å². The molecule has 0 aliphatic carbocycles. The second kappa shape index (κ2) is 6.21. The number of thiophene rings is 1. The van der Waals surface area contributed by atoms with Crippen molar-refractivity contribution in [3.05, 3.63) is 83.1 Å². The molecule has 104 valence electrons. The fourth-order valence-electron chi connectivity index (χ4n) is 2.04. The van der Waals surface area contributed by atoms with Crippen LogP contribution >= 0.6 is 18.6 Å². The molecule has 0 radical (unpaired) electrons. The summed E-state index contributed by atoms with van der Waals surface area (Å²) in [5.41, 5.74) is 0.979. The zero-order chi connectivity index (χ0) is 14.5. The average Bonchev–Trinajstić information content (AvgIpc) is 3.08. The summed E-state index contributed by atoms with van der Waals surface area (Å²) in [7, 11) is -2.99. The molecule has 3 rings (SSSR count). The van der Waals surface area contributed by atoms with Gasteiger partial charge in [-0.25, -0.2) is 4.76 Å². The van der Waals surface area contributed by atoms with Crippen LogP contribution in [0.15, 0.2) is 82.3 Å². The zero-order valence-corrected chi connectivity index (χ0v) is 13.0. The zero-order valence-electron chi connectivity index (χ0n) is 11.3. The molecule has 0 saturated heterocycles. The van der Waals surface area contributed by atoms with Gasteiger partial charge in [0, 0.05) is 22.4 Å². The predicted molar refractivity (Wildman–Crippen MR) is 91.7 cm³/mol. The van der Waals surface area contributed by atoms with Gasteiger partial charge in [-0.1, -0.05) is 36.4 Å². The Labute approximate surface area is 128 Å². The summed E-state index contributed by atoms with van der Waals surface area (Å²) in [5, 5.41) is 5.48. The minimum Gasteiger partial charge on any atom is -0.288 e. The van der Waals surface area contributed by atoms with Crippen molar-refractivity contribution in [3.8, 4) is 0 Å². The van der Waals surface area contributed by atoms with E-state index in [-0.39, 0.29) is 0 Å². The van der Waals surface area contributed by atoms with E-state index >= 15 is 0 Å². The number of hydrogen-bond acceptors (Lipinski definition) is 2. The molecule has 21 heavy (non-hydrogen) atoms. The summed E-state index contributed by atoms with van der Waals surface area (Å²) in [5.74, 6) is 0. The SMILES string of the molecule is O=P(/N=C/c1ccsc1)(c1ccccc1)c1ccccc1. The highest BCUT2D eigenvalue weighted by atomic mass is 32.1. The first kappa shape index (κ1) is 14.0. The van der Waals surface area contributed by atoms with E-state index in [2.05, 4.69) is 4.76 Å². The second-order valence-electron chi connectivity index (χ2n) is 4.55. The Morgan fingerprint density at radius 1 is 0.857 bits per heavy atom. The van der Waals surface area contributed by atoms with Crippen molar-refractivity contribution in [1.29, 1.82) is 0 Å². The van der Waals surface area contributed by atoms with Crippen LogP contribution < -0.4 is 10.6 Å². The van der Waals surface area contributed by atoms with E-state index in [1.54, 1.807) is 17.6 Å². The van der Waals surface area contributed by atoms with Gasteiger partial charge in [0.15, 0.2) is 0 Å². The minimum absolute atomic E-state index is 0.752. The van der Waals surface area contributed by atoms with Crippen LogP contribution in [-0.4, -0.2) is 6.21 Å². The molecule has 0 aliphatic rings. The molecule has 0 bridgehead atoms. The van der Waals surface area contributed by atoms with Crippen LogP contribution in [-0.2, 0) is 4.57 Å². The van der Waals surface area contributed by atoms with Gasteiger partial charge in [0.25, 0.3) is 0 Å². The van der Waals surface area contributed by atoms with Crippen molar-refractivity contribution in [2.45, 2.75) is 0 Å². The predicted octanol–water partition coefficient (Wildman–Crippen LogP) is 4.10. The first-order valence-electron chi connectivity index (χ1n) is 6.58. The number of rotatable bonds is 4. The summed E-state index contributed by atoms with van der Waals surface area (Å²) in [6.07, 6.45) is 1.71. The van der Waals surface area contributed by atoms with E-state index in [4.69, 9.17) is 0 Å². The molecule has 0 fully saturated rings. The van der Waals surface area contributed by atoms with E-state index in [9.17, 15) is 4.57 Å². The van der Waals surface area contributed by atoms with Gasteiger partial charge >= 0.3 is 0 Å². The Morgan fingerprint density at radius 3 is 1.90 bits per heavy atom. The molecule has 0 amide bonds. The summed E-state index contributed by atoms with van der Waals surface area (Å²) in [6.45, 7) is 0. The highest BCUT2D eigenvalue weighted by Gasteiger charge is 2.25. The van der Waals surface area contributed by atoms with E-state index in [0.717, 1.165) is 16.2 Å². The standard InChI is InChI=1S/C17H14NOPS/c19-20(16-7-3-1-4-8-16,17-9-5-2-6-10-17)18-13-15-11-12-21-14-15/h1-14H/b18-13+. The molecule has 0 unspecified atom stereocenters. The smallest absolute Gasteiger partial charge is 0.247 e. The molecule has 0 aliphatic heterocycles. The number of nitrogens with zero attached hydrogens (tertiary/aromatic N) is 1. The molecule has 1 heterocycles. The Balaban J connectivity index is 2.10. The van der Waals surface area contributed by atoms with Gasteiger partial charge in [-0.05, 0) is 41.1 Å². The quantitative estimate of drug-likeness (QED) is 0.527. The molecule has 1 aromatic heterocycles. The monoisotopic (exact) mass is 311 g/mol. The first-order chi connectivity index (χ1) is 10.3. The molecule has 0 spiro atoms. The van der Waals surface area contributed by atoms with Crippen molar-refractivity contribution in [2.24, 2.45) is 4.76 Å². The number of benzene rings is 2. The lowest BCUT2D eigenvalue weighted by atomic mass is 10.4. The topological polar surface area (TPSA) is 29.4 Å². The third-order valence-corrected chi connectivity index (χ3v) is 6.26. The van der Waals surface area contributed by atoms with Crippen LogP contribution in [0.4, 0.5) is 0 Å². The summed E-state index contributed by atoms with van der Waals surface area (Å²) >= 11 is 1.60. The normalized spacial score (nSPS) is 11.8. The largest absolute Gasteiger partial charge is 0.288 e. The molecule has 0 atom stereocenters. The van der Waals surface area contributed by atoms with Gasteiger partial charge in [-0.15, -0.1) is 0 Å². The third kappa shape index (κ3) is 3.05. The highest BCUT2D eigenvalue weighted by Crippen LogP contribution is 2.44. The van der Waals surface area contributed by atoms with Crippen LogP contribution in [0.25, 0.3) is 0 Å². The highest BCUT2D eigenvalue weighted by molar-refractivity contribution is 7.77. The Kier molecular flexibility index (Phi) is 4.14. The van der Waals surface area contributed by atoms with Crippen LogP contribution in [0.5, 0.6) is 0 Å². The van der Waals surface area contributed by atoms with Gasteiger partial charge in [0.1, 0.15) is 0 Å². The fourth-order valence-corrected chi connectivity index (χ4v) is 4.66. The van der Waals surface area contributed by atoms with E-state index < -0.39 is 7.29 Å². The lowest BCUT2D eigenvalue weighted by Crippen LogP contribution is -2.14. The van der Waals surface area contributed by atoms with Crippen molar-refractivity contribution < 1.29 is 4.57 Å². The minimum atomic E-state index is -2.99. The van der Waals surface area contributed by atoms with Gasteiger partial charge in [-0.3, -0.25) is 4.57 Å². The molecule has 4 heteroatoms. The van der Waals surface area contributed by atoms with E-state index in [1.807, 2.05) is 77.5 Å². The summed E-state index contributed by atoms with van der Waals surface area (Å²) < 4.78 is 18.0. The lowest BCUT2D eigenvalue weighted by molar-refractivity contribution is 0.588.